The third kappa shape index (κ3) is 1.91. The van der Waals surface area contributed by atoms with Gasteiger partial charge in [-0.15, -0.1) is 6.58 Å². The summed E-state index contributed by atoms with van der Waals surface area (Å²) in [4.78, 5) is 0. The maximum atomic E-state index is 5.20. The lowest BCUT2D eigenvalue weighted by atomic mass is 10.2. The van der Waals surface area contributed by atoms with Crippen LogP contribution < -0.4 is 4.74 Å². The van der Waals surface area contributed by atoms with Gasteiger partial charge in [-0.05, 0) is 13.8 Å². The molecule has 1 rings (SSSR count). The van der Waals surface area contributed by atoms with Crippen molar-refractivity contribution in [2.75, 3.05) is 7.11 Å². The molecule has 72 valence electrons. The molecule has 0 atom stereocenters. The molecular weight excluding hydrogens is 164 g/mol. The number of methoxy groups -OCH3 is 1. The number of ether oxygens (including phenoxy) is 1. The molecule has 0 amide bonds. The smallest absolute Gasteiger partial charge is 0.160 e. The van der Waals surface area contributed by atoms with Crippen LogP contribution in [0.4, 0.5) is 0 Å². The zero-order valence-corrected chi connectivity index (χ0v) is 8.45. The minimum atomic E-state index is 0.360. The molecule has 1 heterocycles. The lowest BCUT2D eigenvalue weighted by Crippen LogP contribution is -2.07. The molecule has 0 aliphatic rings. The molecule has 0 aromatic carbocycles. The number of rotatable bonds is 4. The summed E-state index contributed by atoms with van der Waals surface area (Å²) in [5, 5.41) is 4.25. The molecule has 0 N–H and O–H groups in total. The highest BCUT2D eigenvalue weighted by molar-refractivity contribution is 5.27. The summed E-state index contributed by atoms with van der Waals surface area (Å²) in [6.07, 6.45) is 4.40. The molecule has 0 saturated heterocycles. The molecule has 0 unspecified atom stereocenters. The minimum absolute atomic E-state index is 0.360. The highest BCUT2D eigenvalue weighted by atomic mass is 16.5. The van der Waals surface area contributed by atoms with Gasteiger partial charge in [0.15, 0.2) is 5.75 Å². The molecule has 0 saturated carbocycles. The van der Waals surface area contributed by atoms with E-state index in [4.69, 9.17) is 4.74 Å². The van der Waals surface area contributed by atoms with Gasteiger partial charge in [0.1, 0.15) is 0 Å². The molecular formula is C10H16N2O. The molecule has 1 aromatic heterocycles. The Kier molecular flexibility index (Phi) is 3.12. The van der Waals surface area contributed by atoms with Crippen molar-refractivity contribution in [1.82, 2.24) is 9.78 Å². The van der Waals surface area contributed by atoms with Gasteiger partial charge in [-0.25, -0.2) is 0 Å². The van der Waals surface area contributed by atoms with Crippen LogP contribution in [-0.4, -0.2) is 16.9 Å². The lowest BCUT2D eigenvalue weighted by molar-refractivity contribution is 0.406. The van der Waals surface area contributed by atoms with Crippen molar-refractivity contribution in [3.63, 3.8) is 0 Å². The molecule has 0 spiro atoms. The highest BCUT2D eigenvalue weighted by Crippen LogP contribution is 2.21. The van der Waals surface area contributed by atoms with E-state index in [0.29, 0.717) is 6.04 Å². The first-order valence-corrected chi connectivity index (χ1v) is 4.42. The van der Waals surface area contributed by atoms with Crippen molar-refractivity contribution in [1.29, 1.82) is 0 Å². The van der Waals surface area contributed by atoms with Crippen molar-refractivity contribution in [2.24, 2.45) is 0 Å². The van der Waals surface area contributed by atoms with Gasteiger partial charge in [-0.3, -0.25) is 4.68 Å². The van der Waals surface area contributed by atoms with E-state index in [1.165, 1.54) is 0 Å². The summed E-state index contributed by atoms with van der Waals surface area (Å²) in [6, 6.07) is 0.360. The fourth-order valence-corrected chi connectivity index (χ4v) is 1.32. The van der Waals surface area contributed by atoms with Crippen molar-refractivity contribution in [3.8, 4) is 5.75 Å². The fraction of sp³-hybridized carbons (Fsp3) is 0.500. The fourth-order valence-electron chi connectivity index (χ4n) is 1.32. The average molecular weight is 180 g/mol. The van der Waals surface area contributed by atoms with Crippen LogP contribution in [0.25, 0.3) is 0 Å². The topological polar surface area (TPSA) is 27.1 Å². The zero-order valence-electron chi connectivity index (χ0n) is 8.45. The minimum Gasteiger partial charge on any atom is -0.493 e. The Balaban J connectivity index is 3.05. The third-order valence-corrected chi connectivity index (χ3v) is 1.91. The molecule has 0 bridgehead atoms. The molecule has 0 aliphatic carbocycles. The van der Waals surface area contributed by atoms with Crippen LogP contribution in [0.2, 0.25) is 0 Å². The SMILES string of the molecule is C=CCc1c(OC)cnn1C(C)C. The van der Waals surface area contributed by atoms with Crippen LogP contribution in [0.15, 0.2) is 18.9 Å². The van der Waals surface area contributed by atoms with Crippen LogP contribution >= 0.6 is 0 Å². The second-order valence-corrected chi connectivity index (χ2v) is 3.19. The van der Waals surface area contributed by atoms with Crippen LogP contribution in [0.1, 0.15) is 25.6 Å². The van der Waals surface area contributed by atoms with Gasteiger partial charge in [-0.1, -0.05) is 6.08 Å². The van der Waals surface area contributed by atoms with Crippen molar-refractivity contribution < 1.29 is 4.74 Å². The van der Waals surface area contributed by atoms with E-state index in [1.807, 2.05) is 10.8 Å². The first-order valence-electron chi connectivity index (χ1n) is 4.42. The third-order valence-electron chi connectivity index (χ3n) is 1.91. The Hall–Kier alpha value is -1.25. The summed E-state index contributed by atoms with van der Waals surface area (Å²) >= 11 is 0. The van der Waals surface area contributed by atoms with E-state index < -0.39 is 0 Å². The number of hydrogen-bond donors (Lipinski definition) is 0. The molecule has 0 radical (unpaired) electrons. The Labute approximate surface area is 79.0 Å². The summed E-state index contributed by atoms with van der Waals surface area (Å²) < 4.78 is 7.16. The molecule has 1 aromatic rings. The molecule has 0 fully saturated rings. The predicted molar refractivity (Wildman–Crippen MR) is 53.1 cm³/mol. The van der Waals surface area contributed by atoms with E-state index >= 15 is 0 Å². The second kappa shape index (κ2) is 4.12. The largest absolute Gasteiger partial charge is 0.493 e. The van der Waals surface area contributed by atoms with Crippen molar-refractivity contribution in [3.05, 3.63) is 24.5 Å². The Morgan fingerprint density at radius 2 is 2.38 bits per heavy atom. The van der Waals surface area contributed by atoms with Crippen LogP contribution in [-0.2, 0) is 6.42 Å². The quantitative estimate of drug-likeness (QED) is 0.664. The normalized spacial score (nSPS) is 10.5. The summed E-state index contributed by atoms with van der Waals surface area (Å²) in [5.41, 5.74) is 1.09. The van der Waals surface area contributed by atoms with E-state index in [9.17, 15) is 0 Å². The monoisotopic (exact) mass is 180 g/mol. The summed E-state index contributed by atoms with van der Waals surface area (Å²) in [7, 11) is 1.66. The summed E-state index contributed by atoms with van der Waals surface area (Å²) in [6.45, 7) is 7.91. The van der Waals surface area contributed by atoms with E-state index in [0.717, 1.165) is 17.9 Å². The number of aromatic nitrogens is 2. The second-order valence-electron chi connectivity index (χ2n) is 3.19. The maximum Gasteiger partial charge on any atom is 0.160 e. The van der Waals surface area contributed by atoms with Crippen LogP contribution in [0, 0.1) is 0 Å². The first kappa shape index (κ1) is 9.84. The molecule has 13 heavy (non-hydrogen) atoms. The van der Waals surface area contributed by atoms with E-state index in [2.05, 4.69) is 25.5 Å². The summed E-state index contributed by atoms with van der Waals surface area (Å²) in [5.74, 6) is 0.841. The Bertz CT molecular complexity index is 289. The van der Waals surface area contributed by atoms with E-state index in [-0.39, 0.29) is 0 Å². The maximum absolute atomic E-state index is 5.20. The molecule has 0 aliphatic heterocycles. The Morgan fingerprint density at radius 3 is 2.85 bits per heavy atom. The number of nitrogens with zero attached hydrogens (tertiary/aromatic N) is 2. The van der Waals surface area contributed by atoms with Crippen molar-refractivity contribution in [2.45, 2.75) is 26.3 Å². The highest BCUT2D eigenvalue weighted by Gasteiger charge is 2.11. The van der Waals surface area contributed by atoms with Crippen LogP contribution in [0.3, 0.4) is 0 Å². The number of allylic oxidation sites excluding steroid dienone is 1. The van der Waals surface area contributed by atoms with Gasteiger partial charge < -0.3 is 4.74 Å². The molecule has 3 nitrogen and oxygen atoms in total. The lowest BCUT2D eigenvalue weighted by Gasteiger charge is -2.10. The standard InChI is InChI=1S/C10H16N2O/c1-5-6-9-10(13-4)7-11-12(9)8(2)3/h5,7-8H,1,6H2,2-4H3. The van der Waals surface area contributed by atoms with Gasteiger partial charge in [-0.2, -0.15) is 5.10 Å². The first-order chi connectivity index (χ1) is 6.20. The van der Waals surface area contributed by atoms with Crippen LogP contribution in [0.5, 0.6) is 5.75 Å². The Morgan fingerprint density at radius 1 is 1.69 bits per heavy atom. The van der Waals surface area contributed by atoms with Crippen molar-refractivity contribution >= 4 is 0 Å². The van der Waals surface area contributed by atoms with Gasteiger partial charge >= 0.3 is 0 Å². The average Bonchev–Trinajstić information content (AvgIpc) is 2.48. The zero-order chi connectivity index (χ0) is 9.84. The van der Waals surface area contributed by atoms with Gasteiger partial charge in [0, 0.05) is 12.5 Å². The van der Waals surface area contributed by atoms with Gasteiger partial charge in [0.2, 0.25) is 0 Å². The van der Waals surface area contributed by atoms with E-state index in [1.54, 1.807) is 13.3 Å². The van der Waals surface area contributed by atoms with Gasteiger partial charge in [0.25, 0.3) is 0 Å². The van der Waals surface area contributed by atoms with Gasteiger partial charge in [0.05, 0.1) is 19.0 Å². The predicted octanol–water partition coefficient (Wildman–Crippen LogP) is 2.20. The molecule has 3 heteroatoms. The number of hydrogen-bond acceptors (Lipinski definition) is 2.